The summed E-state index contributed by atoms with van der Waals surface area (Å²) in [5.41, 5.74) is 6.75. The van der Waals surface area contributed by atoms with Gasteiger partial charge in [-0.1, -0.05) is 0 Å². The van der Waals surface area contributed by atoms with Crippen LogP contribution in [-0.4, -0.2) is 21.0 Å². The monoisotopic (exact) mass is 203 g/mol. The van der Waals surface area contributed by atoms with Gasteiger partial charge in [0.15, 0.2) is 11.3 Å². The highest BCUT2D eigenvalue weighted by Gasteiger charge is 2.11. The maximum Gasteiger partial charge on any atom is 0.356 e. The van der Waals surface area contributed by atoms with Crippen LogP contribution in [0.2, 0.25) is 0 Å². The van der Waals surface area contributed by atoms with Gasteiger partial charge in [0, 0.05) is 11.1 Å². The van der Waals surface area contributed by atoms with E-state index in [-0.39, 0.29) is 11.4 Å². The maximum atomic E-state index is 10.8. The van der Waals surface area contributed by atoms with Crippen molar-refractivity contribution >= 4 is 22.7 Å². The molecule has 0 aliphatic carbocycles. The summed E-state index contributed by atoms with van der Waals surface area (Å²) in [4.78, 5) is 18.8. The van der Waals surface area contributed by atoms with E-state index >= 15 is 0 Å². The first-order valence-corrected chi connectivity index (χ1v) is 4.35. The van der Waals surface area contributed by atoms with E-state index in [1.165, 1.54) is 0 Å². The number of hydrogen-bond acceptors (Lipinski definition) is 4. The number of pyridine rings is 2. The van der Waals surface area contributed by atoms with Crippen LogP contribution < -0.4 is 5.73 Å². The molecular weight excluding hydrogens is 194 g/mol. The first kappa shape index (κ1) is 9.39. The number of carboxylic acid groups (broad SMARTS) is 1. The van der Waals surface area contributed by atoms with E-state index in [0.717, 1.165) is 11.1 Å². The normalized spacial score (nSPS) is 10.5. The molecule has 0 saturated carbocycles. The lowest BCUT2D eigenvalue weighted by atomic mass is 10.2. The van der Waals surface area contributed by atoms with Gasteiger partial charge in [0.2, 0.25) is 0 Å². The van der Waals surface area contributed by atoms with Crippen LogP contribution in [0.1, 0.15) is 16.2 Å². The minimum atomic E-state index is -1.14. The van der Waals surface area contributed by atoms with Gasteiger partial charge in [0.05, 0.1) is 5.69 Å². The Hall–Kier alpha value is -2.17. The Labute approximate surface area is 85.6 Å². The predicted molar refractivity (Wildman–Crippen MR) is 55.6 cm³/mol. The molecule has 0 spiro atoms. The summed E-state index contributed by atoms with van der Waals surface area (Å²) in [6, 6.07) is 5.20. The van der Waals surface area contributed by atoms with Gasteiger partial charge in [-0.25, -0.2) is 14.8 Å². The topological polar surface area (TPSA) is 89.1 Å². The van der Waals surface area contributed by atoms with Crippen molar-refractivity contribution in [2.45, 2.75) is 6.92 Å². The molecule has 0 atom stereocenters. The molecule has 76 valence electrons. The third-order valence-electron chi connectivity index (χ3n) is 2.05. The van der Waals surface area contributed by atoms with E-state index in [2.05, 4.69) is 9.97 Å². The average molecular weight is 203 g/mol. The molecule has 0 amide bonds. The van der Waals surface area contributed by atoms with Crippen molar-refractivity contribution in [3.63, 3.8) is 0 Å². The second-order valence-corrected chi connectivity index (χ2v) is 3.23. The molecule has 3 N–H and O–H groups in total. The standard InChI is InChI=1S/C10H9N3O2/c1-5-2-3-6-4-7(11)8(10(14)15)13-9(6)12-5/h2-4H,11H2,1H3,(H,14,15). The number of aromatic nitrogens is 2. The molecule has 0 aromatic carbocycles. The molecule has 0 saturated heterocycles. The van der Waals surface area contributed by atoms with E-state index < -0.39 is 5.97 Å². The highest BCUT2D eigenvalue weighted by molar-refractivity contribution is 5.95. The smallest absolute Gasteiger partial charge is 0.356 e. The summed E-state index contributed by atoms with van der Waals surface area (Å²) in [5.74, 6) is -1.14. The third kappa shape index (κ3) is 1.59. The van der Waals surface area contributed by atoms with E-state index in [1.807, 2.05) is 19.1 Å². The maximum absolute atomic E-state index is 10.8. The van der Waals surface area contributed by atoms with Crippen LogP contribution >= 0.6 is 0 Å². The number of aromatic carboxylic acids is 1. The van der Waals surface area contributed by atoms with Crippen molar-refractivity contribution in [1.82, 2.24) is 9.97 Å². The Kier molecular flexibility index (Phi) is 2.00. The van der Waals surface area contributed by atoms with Crippen LogP contribution in [0.25, 0.3) is 11.0 Å². The van der Waals surface area contributed by atoms with Crippen LogP contribution in [0, 0.1) is 6.92 Å². The Bertz CT molecular complexity index is 552. The zero-order chi connectivity index (χ0) is 11.0. The van der Waals surface area contributed by atoms with Crippen LogP contribution in [0.4, 0.5) is 5.69 Å². The number of nitrogens with two attached hydrogens (primary N) is 1. The Balaban J connectivity index is 2.77. The summed E-state index contributed by atoms with van der Waals surface area (Å²) >= 11 is 0. The predicted octanol–water partition coefficient (Wildman–Crippen LogP) is 1.22. The minimum Gasteiger partial charge on any atom is -0.476 e. The first-order valence-electron chi connectivity index (χ1n) is 4.35. The van der Waals surface area contributed by atoms with Crippen LogP contribution in [0.5, 0.6) is 0 Å². The van der Waals surface area contributed by atoms with E-state index in [1.54, 1.807) is 6.07 Å². The van der Waals surface area contributed by atoms with Gasteiger partial charge in [-0.05, 0) is 25.1 Å². The van der Waals surface area contributed by atoms with E-state index in [4.69, 9.17) is 10.8 Å². The fourth-order valence-corrected chi connectivity index (χ4v) is 1.33. The molecule has 0 unspecified atom stereocenters. The third-order valence-corrected chi connectivity index (χ3v) is 2.05. The van der Waals surface area contributed by atoms with Crippen molar-refractivity contribution in [3.8, 4) is 0 Å². The second-order valence-electron chi connectivity index (χ2n) is 3.23. The molecule has 2 heterocycles. The van der Waals surface area contributed by atoms with E-state index in [9.17, 15) is 4.79 Å². The molecule has 5 nitrogen and oxygen atoms in total. The number of hydrogen-bond donors (Lipinski definition) is 2. The van der Waals surface area contributed by atoms with Gasteiger partial charge >= 0.3 is 5.97 Å². The number of carboxylic acids is 1. The average Bonchev–Trinajstić information content (AvgIpc) is 2.17. The van der Waals surface area contributed by atoms with Crippen LogP contribution in [0.3, 0.4) is 0 Å². The minimum absolute atomic E-state index is 0.152. The van der Waals surface area contributed by atoms with Crippen molar-refractivity contribution in [3.05, 3.63) is 29.6 Å². The summed E-state index contributed by atoms with van der Waals surface area (Å²) < 4.78 is 0. The van der Waals surface area contributed by atoms with Crippen molar-refractivity contribution in [1.29, 1.82) is 0 Å². The van der Waals surface area contributed by atoms with Crippen molar-refractivity contribution in [2.75, 3.05) is 5.73 Å². The molecule has 0 bridgehead atoms. The SMILES string of the molecule is Cc1ccc2cc(N)c(C(=O)O)nc2n1. The Morgan fingerprint density at radius 1 is 1.40 bits per heavy atom. The summed E-state index contributed by atoms with van der Waals surface area (Å²) in [6.45, 7) is 1.82. The fourth-order valence-electron chi connectivity index (χ4n) is 1.33. The fraction of sp³-hybridized carbons (Fsp3) is 0.100. The van der Waals surface area contributed by atoms with E-state index in [0.29, 0.717) is 5.65 Å². The molecule has 2 aromatic heterocycles. The van der Waals surface area contributed by atoms with Gasteiger partial charge in [-0.15, -0.1) is 0 Å². The Morgan fingerprint density at radius 3 is 2.80 bits per heavy atom. The largest absolute Gasteiger partial charge is 0.476 e. The molecule has 15 heavy (non-hydrogen) atoms. The number of fused-ring (bicyclic) bond motifs is 1. The number of aryl methyl sites for hydroxylation is 1. The van der Waals surface area contributed by atoms with Gasteiger partial charge in [0.25, 0.3) is 0 Å². The molecule has 0 aliphatic rings. The van der Waals surface area contributed by atoms with Gasteiger partial charge in [-0.2, -0.15) is 0 Å². The molecule has 0 radical (unpaired) electrons. The number of nitrogen functional groups attached to an aromatic ring is 1. The lowest BCUT2D eigenvalue weighted by Gasteiger charge is -2.02. The van der Waals surface area contributed by atoms with Crippen molar-refractivity contribution in [2.24, 2.45) is 0 Å². The first-order chi connectivity index (χ1) is 7.08. The van der Waals surface area contributed by atoms with Crippen LogP contribution in [-0.2, 0) is 0 Å². The summed E-state index contributed by atoms with van der Waals surface area (Å²) in [6.07, 6.45) is 0. The summed E-state index contributed by atoms with van der Waals surface area (Å²) in [5, 5.41) is 9.56. The Morgan fingerprint density at radius 2 is 2.13 bits per heavy atom. The van der Waals surface area contributed by atoms with Gasteiger partial charge < -0.3 is 10.8 Å². The summed E-state index contributed by atoms with van der Waals surface area (Å²) in [7, 11) is 0. The van der Waals surface area contributed by atoms with Gasteiger partial charge in [0.1, 0.15) is 0 Å². The second kappa shape index (κ2) is 3.20. The molecular formula is C10H9N3O2. The highest BCUT2D eigenvalue weighted by Crippen LogP contribution is 2.17. The van der Waals surface area contributed by atoms with Crippen LogP contribution in [0.15, 0.2) is 18.2 Å². The molecule has 2 rings (SSSR count). The lowest BCUT2D eigenvalue weighted by Crippen LogP contribution is -2.06. The molecule has 5 heteroatoms. The molecule has 0 aliphatic heterocycles. The van der Waals surface area contributed by atoms with Crippen molar-refractivity contribution < 1.29 is 9.90 Å². The zero-order valence-electron chi connectivity index (χ0n) is 8.06. The highest BCUT2D eigenvalue weighted by atomic mass is 16.4. The van der Waals surface area contributed by atoms with Gasteiger partial charge in [-0.3, -0.25) is 0 Å². The number of anilines is 1. The number of rotatable bonds is 1. The number of carbonyl (C=O) groups is 1. The lowest BCUT2D eigenvalue weighted by molar-refractivity contribution is 0.0692. The number of nitrogens with zero attached hydrogens (tertiary/aromatic N) is 2. The molecule has 0 fully saturated rings. The molecule has 2 aromatic rings. The quantitative estimate of drug-likeness (QED) is 0.727. The zero-order valence-corrected chi connectivity index (χ0v) is 8.06.